The molecule has 1 atom stereocenters. The van der Waals surface area contributed by atoms with Crippen LogP contribution in [0.4, 0.5) is 0 Å². The van der Waals surface area contributed by atoms with E-state index in [4.69, 9.17) is 5.11 Å². The molecule has 0 spiro atoms. The molecule has 1 saturated carbocycles. The summed E-state index contributed by atoms with van der Waals surface area (Å²) in [5, 5.41) is 19.6. The first-order chi connectivity index (χ1) is 8.20. The number of hydrogen-bond acceptors (Lipinski definition) is 4. The van der Waals surface area contributed by atoms with E-state index in [0.29, 0.717) is 18.9 Å². The van der Waals surface area contributed by atoms with Crippen molar-refractivity contribution in [2.24, 2.45) is 0 Å². The van der Waals surface area contributed by atoms with Crippen LogP contribution in [0.2, 0.25) is 0 Å². The lowest BCUT2D eigenvalue weighted by atomic mass is 10.2. The average molecular weight is 238 g/mol. The molecule has 94 valence electrons. The lowest BCUT2D eigenvalue weighted by molar-refractivity contribution is -0.124. The van der Waals surface area contributed by atoms with E-state index in [1.807, 2.05) is 6.92 Å². The van der Waals surface area contributed by atoms with Gasteiger partial charge in [0.25, 0.3) is 0 Å². The topological polar surface area (TPSA) is 80.0 Å². The molecule has 1 amide bonds. The molecule has 0 aromatic carbocycles. The molecule has 1 aliphatic carbocycles. The Morgan fingerprint density at radius 2 is 2.47 bits per heavy atom. The van der Waals surface area contributed by atoms with Gasteiger partial charge in [0.05, 0.1) is 5.69 Å². The molecule has 6 heteroatoms. The third kappa shape index (κ3) is 3.26. The Labute approximate surface area is 100 Å². The molecule has 0 saturated heterocycles. The summed E-state index contributed by atoms with van der Waals surface area (Å²) in [7, 11) is 0. The third-order valence-corrected chi connectivity index (χ3v) is 2.85. The minimum atomic E-state index is -0.328. The molecule has 1 aromatic rings. The van der Waals surface area contributed by atoms with Crippen molar-refractivity contribution in [2.75, 3.05) is 6.61 Å². The Bertz CT molecular complexity index is 387. The van der Waals surface area contributed by atoms with Gasteiger partial charge in [-0.05, 0) is 32.6 Å². The minimum Gasteiger partial charge on any atom is -0.396 e. The molecule has 6 nitrogen and oxygen atoms in total. The highest BCUT2D eigenvalue weighted by Gasteiger charge is 2.26. The van der Waals surface area contributed by atoms with E-state index in [0.717, 1.165) is 18.5 Å². The smallest absolute Gasteiger partial charge is 0.244 e. The van der Waals surface area contributed by atoms with Gasteiger partial charge in [-0.3, -0.25) is 4.79 Å². The zero-order valence-electron chi connectivity index (χ0n) is 9.96. The van der Waals surface area contributed by atoms with Crippen molar-refractivity contribution in [3.63, 3.8) is 0 Å². The van der Waals surface area contributed by atoms with Crippen molar-refractivity contribution in [3.05, 3.63) is 11.9 Å². The van der Waals surface area contributed by atoms with Gasteiger partial charge in [0.1, 0.15) is 6.04 Å². The second kappa shape index (κ2) is 5.27. The number of nitrogens with one attached hydrogen (secondary N) is 1. The molecule has 1 aliphatic rings. The summed E-state index contributed by atoms with van der Waals surface area (Å²) in [6, 6.07) is 0.0355. The van der Waals surface area contributed by atoms with Crippen molar-refractivity contribution >= 4 is 5.91 Å². The van der Waals surface area contributed by atoms with Gasteiger partial charge in [0.15, 0.2) is 0 Å². The molecule has 1 fully saturated rings. The molecule has 0 aliphatic heterocycles. The van der Waals surface area contributed by atoms with Crippen molar-refractivity contribution < 1.29 is 9.90 Å². The Kier molecular flexibility index (Phi) is 3.73. The van der Waals surface area contributed by atoms with Crippen LogP contribution in [0.5, 0.6) is 0 Å². The lowest BCUT2D eigenvalue weighted by Crippen LogP contribution is -2.32. The second-order valence-corrected chi connectivity index (χ2v) is 4.48. The fourth-order valence-corrected chi connectivity index (χ4v) is 1.55. The maximum absolute atomic E-state index is 11.8. The molecule has 0 radical (unpaired) electrons. The summed E-state index contributed by atoms with van der Waals surface area (Å²) >= 11 is 0. The van der Waals surface area contributed by atoms with Gasteiger partial charge in [0, 0.05) is 18.8 Å². The minimum absolute atomic E-state index is 0.00823. The lowest BCUT2D eigenvalue weighted by Gasteiger charge is -2.10. The van der Waals surface area contributed by atoms with Crippen molar-refractivity contribution in [1.82, 2.24) is 20.3 Å². The molecule has 2 rings (SSSR count). The van der Waals surface area contributed by atoms with Crippen molar-refractivity contribution in [1.29, 1.82) is 0 Å². The number of carbonyl (C=O) groups is 1. The molecule has 17 heavy (non-hydrogen) atoms. The highest BCUT2D eigenvalue weighted by Crippen LogP contribution is 2.19. The standard InChI is InChI=1S/C11H18N4O2/c1-8(11(17)12-9-4-5-9)15-7-10(13-14-15)3-2-6-16/h7-9,16H,2-6H2,1H3,(H,12,17). The van der Waals surface area contributed by atoms with Crippen LogP contribution in [0.1, 0.15) is 37.9 Å². The number of hydrogen-bond donors (Lipinski definition) is 2. The molecular weight excluding hydrogens is 220 g/mol. The van der Waals surface area contributed by atoms with E-state index in [9.17, 15) is 4.79 Å². The largest absolute Gasteiger partial charge is 0.396 e. The van der Waals surface area contributed by atoms with Gasteiger partial charge in [-0.1, -0.05) is 5.21 Å². The van der Waals surface area contributed by atoms with Gasteiger partial charge in [-0.2, -0.15) is 0 Å². The summed E-state index contributed by atoms with van der Waals surface area (Å²) in [5.41, 5.74) is 0.810. The summed E-state index contributed by atoms with van der Waals surface area (Å²) in [6.07, 6.45) is 5.29. The monoisotopic (exact) mass is 238 g/mol. The third-order valence-electron chi connectivity index (χ3n) is 2.85. The first kappa shape index (κ1) is 12.0. The molecule has 1 heterocycles. The Balaban J connectivity index is 1.90. The van der Waals surface area contributed by atoms with Gasteiger partial charge in [-0.15, -0.1) is 5.10 Å². The number of nitrogens with zero attached hydrogens (tertiary/aromatic N) is 3. The Morgan fingerprint density at radius 1 is 1.71 bits per heavy atom. The van der Waals surface area contributed by atoms with Gasteiger partial charge >= 0.3 is 0 Å². The summed E-state index contributed by atoms with van der Waals surface area (Å²) < 4.78 is 1.57. The average Bonchev–Trinajstić information content (AvgIpc) is 3.01. The van der Waals surface area contributed by atoms with E-state index in [-0.39, 0.29) is 18.6 Å². The molecule has 0 bridgehead atoms. The highest BCUT2D eigenvalue weighted by molar-refractivity contribution is 5.80. The Morgan fingerprint density at radius 3 is 3.12 bits per heavy atom. The van der Waals surface area contributed by atoms with Crippen LogP contribution in [0, 0.1) is 0 Å². The van der Waals surface area contributed by atoms with Crippen LogP contribution >= 0.6 is 0 Å². The van der Waals surface area contributed by atoms with Crippen LogP contribution in [0.25, 0.3) is 0 Å². The number of amides is 1. The summed E-state index contributed by atoms with van der Waals surface area (Å²) in [4.78, 5) is 11.8. The second-order valence-electron chi connectivity index (χ2n) is 4.48. The number of aliphatic hydroxyl groups is 1. The van der Waals surface area contributed by atoms with E-state index in [1.54, 1.807) is 10.9 Å². The predicted molar refractivity (Wildman–Crippen MR) is 61.3 cm³/mol. The van der Waals surface area contributed by atoms with Crippen LogP contribution in [0.3, 0.4) is 0 Å². The SMILES string of the molecule is CC(C(=O)NC1CC1)n1cc(CCCO)nn1. The maximum atomic E-state index is 11.8. The van der Waals surface area contributed by atoms with Crippen molar-refractivity contribution in [3.8, 4) is 0 Å². The van der Waals surface area contributed by atoms with Crippen LogP contribution in [0.15, 0.2) is 6.20 Å². The van der Waals surface area contributed by atoms with Crippen molar-refractivity contribution in [2.45, 2.75) is 44.7 Å². The number of aryl methyl sites for hydroxylation is 1. The quantitative estimate of drug-likeness (QED) is 0.733. The molecular formula is C11H18N4O2. The zero-order valence-corrected chi connectivity index (χ0v) is 9.96. The predicted octanol–water partition coefficient (Wildman–Crippen LogP) is 0.0426. The highest BCUT2D eigenvalue weighted by atomic mass is 16.2. The van der Waals surface area contributed by atoms with E-state index < -0.39 is 0 Å². The van der Waals surface area contributed by atoms with E-state index in [1.165, 1.54) is 0 Å². The maximum Gasteiger partial charge on any atom is 0.244 e. The number of aromatic nitrogens is 3. The van der Waals surface area contributed by atoms with E-state index >= 15 is 0 Å². The molecule has 2 N–H and O–H groups in total. The Hall–Kier alpha value is -1.43. The number of rotatable bonds is 6. The van der Waals surface area contributed by atoms with Crippen LogP contribution in [-0.2, 0) is 11.2 Å². The van der Waals surface area contributed by atoms with Crippen LogP contribution < -0.4 is 5.32 Å². The van der Waals surface area contributed by atoms with Gasteiger partial charge in [-0.25, -0.2) is 4.68 Å². The first-order valence-electron chi connectivity index (χ1n) is 6.02. The summed E-state index contributed by atoms with van der Waals surface area (Å²) in [5.74, 6) is -0.00823. The molecule has 1 aromatic heterocycles. The first-order valence-corrected chi connectivity index (χ1v) is 6.02. The fourth-order valence-electron chi connectivity index (χ4n) is 1.55. The number of aliphatic hydroxyl groups excluding tert-OH is 1. The van der Waals surface area contributed by atoms with Gasteiger partial charge < -0.3 is 10.4 Å². The summed E-state index contributed by atoms with van der Waals surface area (Å²) in [6.45, 7) is 1.95. The fraction of sp³-hybridized carbons (Fsp3) is 0.727. The molecule has 1 unspecified atom stereocenters. The zero-order chi connectivity index (χ0) is 12.3. The number of carbonyl (C=O) groups excluding carboxylic acids is 1. The van der Waals surface area contributed by atoms with E-state index in [2.05, 4.69) is 15.6 Å². The normalized spacial score (nSPS) is 16.8. The van der Waals surface area contributed by atoms with Gasteiger partial charge in [0.2, 0.25) is 5.91 Å². The van der Waals surface area contributed by atoms with Crippen LogP contribution in [-0.4, -0.2) is 38.7 Å².